The van der Waals surface area contributed by atoms with Crippen molar-refractivity contribution >= 4 is 50.8 Å². The fourth-order valence-corrected chi connectivity index (χ4v) is 6.47. The third kappa shape index (κ3) is 5.79. The van der Waals surface area contributed by atoms with Crippen molar-refractivity contribution in [1.29, 1.82) is 0 Å². The van der Waals surface area contributed by atoms with Crippen LogP contribution in [0.3, 0.4) is 0 Å². The van der Waals surface area contributed by atoms with E-state index in [4.69, 9.17) is 10.5 Å². The van der Waals surface area contributed by atoms with Gasteiger partial charge in [0, 0.05) is 56.5 Å². The molecule has 0 spiro atoms. The second-order valence-corrected chi connectivity index (χ2v) is 12.0. The molecule has 44 heavy (non-hydrogen) atoms. The van der Waals surface area contributed by atoms with Crippen molar-refractivity contribution in [3.05, 3.63) is 75.8 Å². The number of nitrogens with two attached hydrogens (primary N) is 1. The number of nitrogens with zero attached hydrogens (tertiary/aromatic N) is 5. The second kappa shape index (κ2) is 12.4. The third-order valence-corrected chi connectivity index (χ3v) is 8.66. The van der Waals surface area contributed by atoms with E-state index in [1.165, 1.54) is 0 Å². The number of aromatic nitrogens is 3. The first-order chi connectivity index (χ1) is 21.2. The smallest absolute Gasteiger partial charge is 0.269 e. The van der Waals surface area contributed by atoms with Crippen LogP contribution in [0.15, 0.2) is 53.3 Å². The van der Waals surface area contributed by atoms with Gasteiger partial charge in [-0.15, -0.1) is 0 Å². The highest BCUT2D eigenvalue weighted by Gasteiger charge is 2.27. The number of carbonyl (C=O) groups is 3. The highest BCUT2D eigenvalue weighted by atomic mass is 79.9. The Morgan fingerprint density at radius 2 is 1.80 bits per heavy atom. The Bertz CT molecular complexity index is 1750. The first kappa shape index (κ1) is 29.8. The molecule has 1 unspecified atom stereocenters. The number of amides is 3. The molecule has 11 nitrogen and oxygen atoms in total. The monoisotopic (exact) mass is 659 g/mol. The van der Waals surface area contributed by atoms with E-state index in [9.17, 15) is 14.4 Å². The summed E-state index contributed by atoms with van der Waals surface area (Å²) in [6.07, 6.45) is 3.94. The molecule has 0 bridgehead atoms. The molecule has 0 aliphatic carbocycles. The number of carbonyl (C=O) groups excluding carboxylic acids is 3. The van der Waals surface area contributed by atoms with E-state index in [1.807, 2.05) is 33.6 Å². The van der Waals surface area contributed by atoms with Crippen LogP contribution >= 0.6 is 15.9 Å². The summed E-state index contributed by atoms with van der Waals surface area (Å²) in [4.78, 5) is 50.7. The van der Waals surface area contributed by atoms with Gasteiger partial charge >= 0.3 is 0 Å². The number of ether oxygens (including phenoxy) is 1. The van der Waals surface area contributed by atoms with Gasteiger partial charge in [0.2, 0.25) is 5.91 Å². The van der Waals surface area contributed by atoms with E-state index in [0.717, 1.165) is 35.2 Å². The lowest BCUT2D eigenvalue weighted by molar-refractivity contribution is -0.117. The van der Waals surface area contributed by atoms with Crippen LogP contribution in [-0.4, -0.2) is 71.0 Å². The molecular weight excluding hydrogens is 626 g/mol. The number of rotatable bonds is 7. The van der Waals surface area contributed by atoms with Gasteiger partial charge < -0.3 is 25.6 Å². The molecule has 1 saturated heterocycles. The van der Waals surface area contributed by atoms with Crippen LogP contribution in [0, 0.1) is 0 Å². The van der Waals surface area contributed by atoms with E-state index in [-0.39, 0.29) is 30.1 Å². The van der Waals surface area contributed by atoms with Crippen molar-refractivity contribution in [2.45, 2.75) is 39.2 Å². The van der Waals surface area contributed by atoms with Gasteiger partial charge in [0.1, 0.15) is 10.3 Å². The number of benzene rings is 2. The lowest BCUT2D eigenvalue weighted by atomic mass is 9.93. The summed E-state index contributed by atoms with van der Waals surface area (Å²) in [5.41, 5.74) is 11.7. The SMILES string of the molecule is CC(=O)N1c2ccc(-c3ccc(C(=O)NCCc4c(C(N)=O)nc5c(N6CCOCC6)nc(Br)cn45)cc3)cc2CCC1C. The Balaban J connectivity index is 1.16. The fraction of sp³-hybridized carbons (Fsp3) is 0.344. The number of morpholine rings is 1. The molecule has 0 radical (unpaired) electrons. The van der Waals surface area contributed by atoms with E-state index >= 15 is 0 Å². The number of halogens is 1. The zero-order chi connectivity index (χ0) is 31.0. The lowest BCUT2D eigenvalue weighted by Crippen LogP contribution is -2.40. The summed E-state index contributed by atoms with van der Waals surface area (Å²) in [6.45, 7) is 6.44. The Morgan fingerprint density at radius 3 is 2.50 bits per heavy atom. The predicted octanol–water partition coefficient (Wildman–Crippen LogP) is 3.75. The topological polar surface area (TPSA) is 135 Å². The van der Waals surface area contributed by atoms with E-state index in [1.54, 1.807) is 25.3 Å². The van der Waals surface area contributed by atoms with Gasteiger partial charge in [-0.2, -0.15) is 0 Å². The van der Waals surface area contributed by atoms with Crippen molar-refractivity contribution < 1.29 is 19.1 Å². The van der Waals surface area contributed by atoms with Crippen molar-refractivity contribution in [3.8, 4) is 11.1 Å². The minimum absolute atomic E-state index is 0.0523. The van der Waals surface area contributed by atoms with E-state index in [0.29, 0.717) is 60.0 Å². The number of anilines is 2. The molecule has 4 aromatic rings. The van der Waals surface area contributed by atoms with Gasteiger partial charge in [-0.05, 0) is 76.7 Å². The molecule has 3 amide bonds. The number of primary amides is 1. The first-order valence-electron chi connectivity index (χ1n) is 14.7. The molecule has 228 valence electrons. The van der Waals surface area contributed by atoms with Crippen LogP contribution in [0.4, 0.5) is 11.5 Å². The molecule has 2 aliphatic heterocycles. The third-order valence-electron chi connectivity index (χ3n) is 8.28. The van der Waals surface area contributed by atoms with Crippen molar-refractivity contribution in [1.82, 2.24) is 19.7 Å². The lowest BCUT2D eigenvalue weighted by Gasteiger charge is -2.34. The molecule has 12 heteroatoms. The first-order valence-corrected chi connectivity index (χ1v) is 15.5. The van der Waals surface area contributed by atoms with Gasteiger partial charge in [0.25, 0.3) is 11.8 Å². The number of imidazole rings is 1. The number of nitrogens with one attached hydrogen (secondary N) is 1. The Hall–Kier alpha value is -4.29. The average Bonchev–Trinajstić information content (AvgIpc) is 3.39. The molecule has 4 heterocycles. The molecule has 3 N–H and O–H groups in total. The number of fused-ring (bicyclic) bond motifs is 2. The van der Waals surface area contributed by atoms with Gasteiger partial charge in [-0.25, -0.2) is 9.97 Å². The minimum atomic E-state index is -0.639. The molecule has 6 rings (SSSR count). The van der Waals surface area contributed by atoms with Crippen molar-refractivity contribution in [3.63, 3.8) is 0 Å². The van der Waals surface area contributed by atoms with Crippen LogP contribution < -0.4 is 20.9 Å². The molecule has 0 saturated carbocycles. The maximum atomic E-state index is 13.0. The largest absolute Gasteiger partial charge is 0.378 e. The second-order valence-electron chi connectivity index (χ2n) is 11.2. The maximum absolute atomic E-state index is 13.0. The molecule has 2 aromatic heterocycles. The van der Waals surface area contributed by atoms with Gasteiger partial charge in [0.05, 0.1) is 18.9 Å². The summed E-state index contributed by atoms with van der Waals surface area (Å²) in [7, 11) is 0. The van der Waals surface area contributed by atoms with E-state index in [2.05, 4.69) is 49.1 Å². The van der Waals surface area contributed by atoms with Crippen LogP contribution in [0.25, 0.3) is 16.8 Å². The predicted molar refractivity (Wildman–Crippen MR) is 171 cm³/mol. The highest BCUT2D eigenvalue weighted by molar-refractivity contribution is 9.10. The standard InChI is InChI=1S/C32H34BrN7O4/c1-19-3-4-24-17-23(9-10-25(24)40(19)20(2)41)21-5-7-22(8-6-21)32(43)35-12-11-26-28(29(34)42)37-31-30(36-27(33)18-39(26)31)38-13-15-44-16-14-38/h5-10,17-19H,3-4,11-16H2,1-2H3,(H2,34,42)(H,35,43). The summed E-state index contributed by atoms with van der Waals surface area (Å²) in [6, 6.07) is 13.8. The van der Waals surface area contributed by atoms with Gasteiger partial charge in [-0.1, -0.05) is 18.2 Å². The molecule has 2 aliphatic rings. The molecular formula is C32H34BrN7O4. The van der Waals surface area contributed by atoms with Crippen molar-refractivity contribution in [2.24, 2.45) is 5.73 Å². The zero-order valence-electron chi connectivity index (χ0n) is 24.7. The zero-order valence-corrected chi connectivity index (χ0v) is 26.3. The Morgan fingerprint density at radius 1 is 1.07 bits per heavy atom. The van der Waals surface area contributed by atoms with Crippen LogP contribution in [0.2, 0.25) is 0 Å². The molecule has 2 aromatic carbocycles. The number of aryl methyl sites for hydroxylation is 1. The number of hydrogen-bond acceptors (Lipinski definition) is 7. The molecule has 1 fully saturated rings. The van der Waals surface area contributed by atoms with Gasteiger partial charge in [-0.3, -0.25) is 18.8 Å². The normalized spacial score (nSPS) is 16.6. The minimum Gasteiger partial charge on any atom is -0.378 e. The number of hydrogen-bond donors (Lipinski definition) is 2. The Kier molecular flexibility index (Phi) is 8.37. The quantitative estimate of drug-likeness (QED) is 0.308. The van der Waals surface area contributed by atoms with Crippen molar-refractivity contribution in [2.75, 3.05) is 42.6 Å². The van der Waals surface area contributed by atoms with Crippen LogP contribution in [0.1, 0.15) is 52.4 Å². The summed E-state index contributed by atoms with van der Waals surface area (Å²) in [5.74, 6) is -0.165. The van der Waals surface area contributed by atoms with Crippen LogP contribution in [0.5, 0.6) is 0 Å². The summed E-state index contributed by atoms with van der Waals surface area (Å²) < 4.78 is 7.88. The summed E-state index contributed by atoms with van der Waals surface area (Å²) >= 11 is 3.48. The Labute approximate surface area is 263 Å². The molecule has 1 atom stereocenters. The van der Waals surface area contributed by atoms with E-state index < -0.39 is 5.91 Å². The summed E-state index contributed by atoms with van der Waals surface area (Å²) in [5, 5.41) is 2.96. The average molecular weight is 661 g/mol. The highest BCUT2D eigenvalue weighted by Crippen LogP contribution is 2.34. The van der Waals surface area contributed by atoms with Gasteiger partial charge in [0.15, 0.2) is 11.5 Å². The van der Waals surface area contributed by atoms with Crippen LogP contribution in [-0.2, 0) is 22.4 Å². The maximum Gasteiger partial charge on any atom is 0.269 e. The fourth-order valence-electron chi connectivity index (χ4n) is 6.09.